The summed E-state index contributed by atoms with van der Waals surface area (Å²) in [5, 5.41) is 3.06. The summed E-state index contributed by atoms with van der Waals surface area (Å²) in [5.74, 6) is -0.909. The number of nitrogens with zero attached hydrogens (tertiary/aromatic N) is 1. The SMILES string of the molecule is Cc1cc(C)c(S(C)(=O)=O)cc1N1CNc2cccc(F)c2C(=O)C1. The Hall–Kier alpha value is -2.41. The van der Waals surface area contributed by atoms with E-state index in [-0.39, 0.29) is 29.5 Å². The van der Waals surface area contributed by atoms with E-state index < -0.39 is 15.7 Å². The van der Waals surface area contributed by atoms with Crippen LogP contribution >= 0.6 is 0 Å². The number of rotatable bonds is 2. The first-order chi connectivity index (χ1) is 11.7. The van der Waals surface area contributed by atoms with Gasteiger partial charge < -0.3 is 10.2 Å². The lowest BCUT2D eigenvalue weighted by atomic mass is 10.1. The summed E-state index contributed by atoms with van der Waals surface area (Å²) < 4.78 is 38.0. The van der Waals surface area contributed by atoms with Crippen LogP contribution in [0.4, 0.5) is 15.8 Å². The number of hydrogen-bond donors (Lipinski definition) is 1. The van der Waals surface area contributed by atoms with Gasteiger partial charge in [-0.25, -0.2) is 12.8 Å². The number of hydrogen-bond acceptors (Lipinski definition) is 5. The number of Topliss-reactive ketones (excluding diaryl/α,β-unsaturated/α-hetero) is 1. The average Bonchev–Trinajstić information content (AvgIpc) is 2.66. The number of carbonyl (C=O) groups excluding carboxylic acids is 1. The molecule has 0 bridgehead atoms. The first kappa shape index (κ1) is 17.4. The zero-order valence-corrected chi connectivity index (χ0v) is 15.1. The van der Waals surface area contributed by atoms with E-state index in [9.17, 15) is 17.6 Å². The van der Waals surface area contributed by atoms with E-state index in [1.165, 1.54) is 6.07 Å². The number of aryl methyl sites for hydroxylation is 2. The van der Waals surface area contributed by atoms with E-state index >= 15 is 0 Å². The Labute approximate surface area is 146 Å². The number of halogens is 1. The number of fused-ring (bicyclic) bond motifs is 1. The number of carbonyl (C=O) groups is 1. The highest BCUT2D eigenvalue weighted by molar-refractivity contribution is 7.90. The van der Waals surface area contributed by atoms with E-state index in [1.54, 1.807) is 36.1 Å². The summed E-state index contributed by atoms with van der Waals surface area (Å²) in [6, 6.07) is 7.83. The van der Waals surface area contributed by atoms with E-state index in [1.807, 2.05) is 6.92 Å². The minimum atomic E-state index is -3.39. The molecule has 0 spiro atoms. The molecule has 25 heavy (non-hydrogen) atoms. The molecular formula is C18H19FN2O3S. The van der Waals surface area contributed by atoms with Crippen LogP contribution in [0.25, 0.3) is 0 Å². The number of sulfone groups is 1. The van der Waals surface area contributed by atoms with Crippen molar-refractivity contribution < 1.29 is 17.6 Å². The topological polar surface area (TPSA) is 66.5 Å². The van der Waals surface area contributed by atoms with Crippen molar-refractivity contribution in [2.45, 2.75) is 18.7 Å². The van der Waals surface area contributed by atoms with E-state index in [2.05, 4.69) is 5.32 Å². The molecule has 0 amide bonds. The number of benzene rings is 2. The Morgan fingerprint density at radius 1 is 1.16 bits per heavy atom. The van der Waals surface area contributed by atoms with Crippen molar-refractivity contribution in [2.75, 3.05) is 29.7 Å². The highest BCUT2D eigenvalue weighted by Crippen LogP contribution is 2.30. The fraction of sp³-hybridized carbons (Fsp3) is 0.278. The van der Waals surface area contributed by atoms with Crippen molar-refractivity contribution in [3.63, 3.8) is 0 Å². The minimum absolute atomic E-state index is 0.0337. The van der Waals surface area contributed by atoms with Crippen LogP contribution in [0.15, 0.2) is 35.2 Å². The second kappa shape index (κ2) is 6.15. The predicted octanol–water partition coefficient (Wildman–Crippen LogP) is 2.92. The normalized spacial score (nSPS) is 14.7. The molecule has 1 aliphatic rings. The van der Waals surface area contributed by atoms with Gasteiger partial charge in [0.15, 0.2) is 15.6 Å². The van der Waals surface area contributed by atoms with Gasteiger partial charge in [-0.15, -0.1) is 0 Å². The fourth-order valence-electron chi connectivity index (χ4n) is 3.18. The molecule has 0 aliphatic carbocycles. The van der Waals surface area contributed by atoms with Crippen LogP contribution in [-0.2, 0) is 9.84 Å². The van der Waals surface area contributed by atoms with Crippen LogP contribution in [0.2, 0.25) is 0 Å². The number of ketones is 1. The fourth-order valence-corrected chi connectivity index (χ4v) is 4.15. The highest BCUT2D eigenvalue weighted by atomic mass is 32.2. The van der Waals surface area contributed by atoms with Gasteiger partial charge in [-0.05, 0) is 43.2 Å². The Bertz CT molecular complexity index is 971. The van der Waals surface area contributed by atoms with Crippen molar-refractivity contribution >= 4 is 27.0 Å². The Balaban J connectivity index is 2.05. The molecule has 7 heteroatoms. The van der Waals surface area contributed by atoms with Gasteiger partial charge in [0.2, 0.25) is 0 Å². The molecule has 132 valence electrons. The molecule has 0 saturated carbocycles. The van der Waals surface area contributed by atoms with Crippen LogP contribution in [0.3, 0.4) is 0 Å². The minimum Gasteiger partial charge on any atom is -0.367 e. The first-order valence-corrected chi connectivity index (χ1v) is 9.69. The molecular weight excluding hydrogens is 343 g/mol. The Morgan fingerprint density at radius 2 is 1.88 bits per heavy atom. The maximum Gasteiger partial charge on any atom is 0.187 e. The molecule has 0 unspecified atom stereocenters. The number of nitrogens with one attached hydrogen (secondary N) is 1. The third-order valence-electron chi connectivity index (χ3n) is 4.32. The molecule has 1 aliphatic heterocycles. The second-order valence-electron chi connectivity index (χ2n) is 6.29. The van der Waals surface area contributed by atoms with Crippen molar-refractivity contribution in [2.24, 2.45) is 0 Å². The van der Waals surface area contributed by atoms with Gasteiger partial charge in [0.25, 0.3) is 0 Å². The molecule has 0 aromatic heterocycles. The summed E-state index contributed by atoms with van der Waals surface area (Å²) in [6.07, 6.45) is 1.16. The summed E-state index contributed by atoms with van der Waals surface area (Å²) in [5.41, 5.74) is 2.64. The summed E-state index contributed by atoms with van der Waals surface area (Å²) in [4.78, 5) is 14.5. The Kier molecular flexibility index (Phi) is 4.28. The number of anilines is 2. The third-order valence-corrected chi connectivity index (χ3v) is 5.56. The Morgan fingerprint density at radius 3 is 2.56 bits per heavy atom. The van der Waals surface area contributed by atoms with Gasteiger partial charge >= 0.3 is 0 Å². The lowest BCUT2D eigenvalue weighted by Crippen LogP contribution is -2.32. The van der Waals surface area contributed by atoms with Gasteiger partial charge in [0, 0.05) is 17.6 Å². The monoisotopic (exact) mass is 362 g/mol. The molecule has 2 aromatic rings. The summed E-state index contributed by atoms with van der Waals surface area (Å²) >= 11 is 0. The first-order valence-electron chi connectivity index (χ1n) is 7.80. The predicted molar refractivity (Wildman–Crippen MR) is 95.6 cm³/mol. The van der Waals surface area contributed by atoms with Gasteiger partial charge in [-0.1, -0.05) is 12.1 Å². The van der Waals surface area contributed by atoms with Crippen molar-refractivity contribution in [3.8, 4) is 0 Å². The van der Waals surface area contributed by atoms with Gasteiger partial charge in [-0.3, -0.25) is 4.79 Å². The van der Waals surface area contributed by atoms with E-state index in [0.29, 0.717) is 16.9 Å². The molecule has 0 atom stereocenters. The molecule has 0 saturated heterocycles. The van der Waals surface area contributed by atoms with E-state index in [0.717, 1.165) is 11.8 Å². The van der Waals surface area contributed by atoms with Crippen molar-refractivity contribution in [1.29, 1.82) is 0 Å². The molecule has 3 rings (SSSR count). The van der Waals surface area contributed by atoms with Gasteiger partial charge in [0.05, 0.1) is 23.7 Å². The maximum absolute atomic E-state index is 14.0. The van der Waals surface area contributed by atoms with Crippen molar-refractivity contribution in [3.05, 3.63) is 52.8 Å². The van der Waals surface area contributed by atoms with Crippen LogP contribution in [0, 0.1) is 19.7 Å². The lowest BCUT2D eigenvalue weighted by molar-refractivity contribution is 0.0998. The van der Waals surface area contributed by atoms with Crippen LogP contribution in [0.1, 0.15) is 21.5 Å². The molecule has 5 nitrogen and oxygen atoms in total. The smallest absolute Gasteiger partial charge is 0.187 e. The van der Waals surface area contributed by atoms with Crippen LogP contribution < -0.4 is 10.2 Å². The van der Waals surface area contributed by atoms with Crippen LogP contribution in [-0.4, -0.2) is 33.7 Å². The molecule has 1 N–H and O–H groups in total. The van der Waals surface area contributed by atoms with Gasteiger partial charge in [-0.2, -0.15) is 0 Å². The third kappa shape index (κ3) is 3.24. The summed E-state index contributed by atoms with van der Waals surface area (Å²) in [6.45, 7) is 3.84. The van der Waals surface area contributed by atoms with Gasteiger partial charge in [0.1, 0.15) is 5.82 Å². The van der Waals surface area contributed by atoms with E-state index in [4.69, 9.17) is 0 Å². The molecule has 0 radical (unpaired) electrons. The lowest BCUT2D eigenvalue weighted by Gasteiger charge is -2.25. The molecule has 0 fully saturated rings. The second-order valence-corrected chi connectivity index (χ2v) is 8.28. The summed E-state index contributed by atoms with van der Waals surface area (Å²) in [7, 11) is -3.39. The quantitative estimate of drug-likeness (QED) is 0.890. The van der Waals surface area contributed by atoms with Crippen molar-refractivity contribution in [1.82, 2.24) is 0 Å². The maximum atomic E-state index is 14.0. The highest BCUT2D eigenvalue weighted by Gasteiger charge is 2.25. The zero-order chi connectivity index (χ0) is 18.4. The standard InChI is InChI=1S/C18H19FN2O3S/c1-11-7-12(2)17(25(3,23)24)8-15(11)21-9-16(22)18-13(19)5-4-6-14(18)20-10-21/h4-8,20H,9-10H2,1-3H3. The largest absolute Gasteiger partial charge is 0.367 e. The zero-order valence-electron chi connectivity index (χ0n) is 14.3. The molecule has 2 aromatic carbocycles. The van der Waals surface area contributed by atoms with Crippen LogP contribution in [0.5, 0.6) is 0 Å². The average molecular weight is 362 g/mol. The molecule has 1 heterocycles.